The number of nitrogens with one attached hydrogen (secondary N) is 2. The Labute approximate surface area is 148 Å². The highest BCUT2D eigenvalue weighted by Gasteiger charge is 2.51. The van der Waals surface area contributed by atoms with Gasteiger partial charge < -0.3 is 19.9 Å². The van der Waals surface area contributed by atoms with Gasteiger partial charge in [-0.25, -0.2) is 4.79 Å². The van der Waals surface area contributed by atoms with Crippen LogP contribution in [-0.2, 0) is 11.2 Å². The summed E-state index contributed by atoms with van der Waals surface area (Å²) in [5.41, 5.74) is 2.11. The molecule has 0 aliphatic carbocycles. The van der Waals surface area contributed by atoms with Gasteiger partial charge in [0.05, 0.1) is 6.04 Å². The van der Waals surface area contributed by atoms with E-state index in [4.69, 9.17) is 4.74 Å². The van der Waals surface area contributed by atoms with E-state index in [9.17, 15) is 4.79 Å². The summed E-state index contributed by atoms with van der Waals surface area (Å²) in [5.74, 6) is 0. The van der Waals surface area contributed by atoms with Gasteiger partial charge in [-0.1, -0.05) is 18.2 Å². The number of aromatic nitrogens is 1. The number of piperidine rings is 1. The maximum Gasteiger partial charge on any atom is 0.410 e. The highest BCUT2D eigenvalue weighted by atomic mass is 35.5. The molecule has 2 aliphatic heterocycles. The molecule has 4 rings (SSSR count). The van der Waals surface area contributed by atoms with Crippen molar-refractivity contribution in [1.82, 2.24) is 15.2 Å². The quantitative estimate of drug-likeness (QED) is 0.895. The smallest absolute Gasteiger partial charge is 0.410 e. The number of ether oxygens (including phenoxy) is 1. The minimum atomic E-state index is -0.289. The van der Waals surface area contributed by atoms with Crippen LogP contribution in [-0.4, -0.2) is 47.3 Å². The zero-order valence-corrected chi connectivity index (χ0v) is 14.7. The second-order valence-electron chi connectivity index (χ2n) is 6.66. The molecule has 1 atom stereocenters. The average Bonchev–Trinajstić information content (AvgIpc) is 3.07. The largest absolute Gasteiger partial charge is 0.440 e. The third kappa shape index (κ3) is 2.76. The van der Waals surface area contributed by atoms with Gasteiger partial charge in [0.1, 0.15) is 5.60 Å². The molecule has 3 heterocycles. The number of nitrogens with zero attached hydrogens (tertiary/aromatic N) is 1. The van der Waals surface area contributed by atoms with Crippen LogP contribution in [0, 0.1) is 0 Å². The molecule has 0 saturated carbocycles. The number of amides is 1. The molecular weight excluding hydrogens is 326 g/mol. The van der Waals surface area contributed by atoms with Crippen molar-refractivity contribution in [2.75, 3.05) is 19.6 Å². The lowest BCUT2D eigenvalue weighted by molar-refractivity contribution is 0.0117. The number of hydrogen-bond acceptors (Lipinski definition) is 3. The van der Waals surface area contributed by atoms with Crippen molar-refractivity contribution in [2.45, 2.75) is 37.8 Å². The Morgan fingerprint density at radius 1 is 1.29 bits per heavy atom. The molecule has 24 heavy (non-hydrogen) atoms. The van der Waals surface area contributed by atoms with Crippen molar-refractivity contribution in [3.8, 4) is 0 Å². The van der Waals surface area contributed by atoms with Gasteiger partial charge in [0.2, 0.25) is 0 Å². The molecule has 0 radical (unpaired) electrons. The van der Waals surface area contributed by atoms with E-state index in [1.165, 1.54) is 10.9 Å². The lowest BCUT2D eigenvalue weighted by Gasteiger charge is -2.36. The van der Waals surface area contributed by atoms with E-state index < -0.39 is 0 Å². The van der Waals surface area contributed by atoms with E-state index in [1.54, 1.807) is 0 Å². The van der Waals surface area contributed by atoms with E-state index in [0.717, 1.165) is 37.9 Å². The summed E-state index contributed by atoms with van der Waals surface area (Å²) >= 11 is 0. The number of halogens is 1. The van der Waals surface area contributed by atoms with Crippen LogP contribution in [0.3, 0.4) is 0 Å². The zero-order chi connectivity index (χ0) is 15.9. The Morgan fingerprint density at radius 3 is 2.83 bits per heavy atom. The second kappa shape index (κ2) is 6.65. The molecule has 1 amide bonds. The van der Waals surface area contributed by atoms with Crippen LogP contribution in [0.2, 0.25) is 0 Å². The number of carbonyl (C=O) groups excluding carboxylic acids is 1. The van der Waals surface area contributed by atoms with E-state index in [0.29, 0.717) is 6.54 Å². The van der Waals surface area contributed by atoms with Gasteiger partial charge in [0, 0.05) is 36.5 Å². The molecule has 2 aromatic rings. The first-order chi connectivity index (χ1) is 11.2. The lowest BCUT2D eigenvalue weighted by Crippen LogP contribution is -2.50. The first-order valence-corrected chi connectivity index (χ1v) is 8.45. The fraction of sp³-hybridized carbons (Fsp3) is 0.500. The standard InChI is InChI=1S/C18H23N3O2.ClH/c1-13-18(7-9-19-10-8-18)23-17(22)21(13)11-6-14-12-20-16-5-3-2-4-15(14)16;/h2-5,12-13,19-20H,6-11H2,1H3;1H. The topological polar surface area (TPSA) is 57.4 Å². The van der Waals surface area contributed by atoms with E-state index in [2.05, 4.69) is 41.6 Å². The van der Waals surface area contributed by atoms with Gasteiger partial charge in [-0.05, 0) is 38.1 Å². The molecule has 0 bridgehead atoms. The predicted molar refractivity (Wildman–Crippen MR) is 96.7 cm³/mol. The molecule has 2 N–H and O–H groups in total. The van der Waals surface area contributed by atoms with Crippen LogP contribution in [0.4, 0.5) is 4.79 Å². The maximum absolute atomic E-state index is 12.4. The summed E-state index contributed by atoms with van der Waals surface area (Å²) in [5, 5.41) is 4.59. The Morgan fingerprint density at radius 2 is 2.04 bits per heavy atom. The highest BCUT2D eigenvalue weighted by Crippen LogP contribution is 2.37. The monoisotopic (exact) mass is 349 g/mol. The minimum Gasteiger partial charge on any atom is -0.440 e. The van der Waals surface area contributed by atoms with Crippen LogP contribution >= 0.6 is 12.4 Å². The van der Waals surface area contributed by atoms with Gasteiger partial charge >= 0.3 is 6.09 Å². The number of carbonyl (C=O) groups is 1. The molecule has 1 spiro atoms. The summed E-state index contributed by atoms with van der Waals surface area (Å²) in [4.78, 5) is 17.6. The van der Waals surface area contributed by atoms with Gasteiger partial charge in [-0.2, -0.15) is 0 Å². The van der Waals surface area contributed by atoms with Gasteiger partial charge in [0.15, 0.2) is 0 Å². The molecule has 1 aromatic heterocycles. The van der Waals surface area contributed by atoms with Crippen molar-refractivity contribution >= 4 is 29.4 Å². The van der Waals surface area contributed by atoms with E-state index in [1.807, 2.05) is 11.0 Å². The highest BCUT2D eigenvalue weighted by molar-refractivity contribution is 5.85. The van der Waals surface area contributed by atoms with E-state index in [-0.39, 0.29) is 30.1 Å². The molecular formula is C18H24ClN3O2. The average molecular weight is 350 g/mol. The normalized spacial score (nSPS) is 22.6. The van der Waals surface area contributed by atoms with Crippen molar-refractivity contribution in [2.24, 2.45) is 0 Å². The van der Waals surface area contributed by atoms with Gasteiger partial charge in [0.25, 0.3) is 0 Å². The second-order valence-corrected chi connectivity index (χ2v) is 6.66. The SMILES string of the molecule is CC1N(CCc2c[nH]c3ccccc23)C(=O)OC12CCNCC2.Cl. The fourth-order valence-corrected chi connectivity index (χ4v) is 3.99. The van der Waals surface area contributed by atoms with Crippen molar-refractivity contribution in [1.29, 1.82) is 0 Å². The van der Waals surface area contributed by atoms with Gasteiger partial charge in [-0.15, -0.1) is 12.4 Å². The number of hydrogen-bond donors (Lipinski definition) is 2. The molecule has 2 saturated heterocycles. The third-order valence-corrected chi connectivity index (χ3v) is 5.50. The summed E-state index contributed by atoms with van der Waals surface area (Å²) in [6.45, 7) is 4.68. The van der Waals surface area contributed by atoms with Crippen LogP contribution < -0.4 is 5.32 Å². The number of H-pyrrole nitrogens is 1. The minimum absolute atomic E-state index is 0. The van der Waals surface area contributed by atoms with Crippen LogP contribution in [0.25, 0.3) is 10.9 Å². The number of rotatable bonds is 3. The fourth-order valence-electron chi connectivity index (χ4n) is 3.99. The molecule has 2 fully saturated rings. The summed E-state index contributed by atoms with van der Waals surface area (Å²) < 4.78 is 5.81. The first kappa shape index (κ1) is 17.1. The van der Waals surface area contributed by atoms with Gasteiger partial charge in [-0.3, -0.25) is 0 Å². The molecule has 1 unspecified atom stereocenters. The third-order valence-electron chi connectivity index (χ3n) is 5.50. The van der Waals surface area contributed by atoms with Crippen molar-refractivity contribution < 1.29 is 9.53 Å². The van der Waals surface area contributed by atoms with Crippen LogP contribution in [0.15, 0.2) is 30.5 Å². The Bertz CT molecular complexity index is 724. The van der Waals surface area contributed by atoms with Crippen molar-refractivity contribution in [3.63, 3.8) is 0 Å². The summed E-state index contributed by atoms with van der Waals surface area (Å²) in [6, 6.07) is 8.43. The molecule has 130 valence electrons. The molecule has 6 heteroatoms. The Kier molecular flexibility index (Phi) is 4.74. The molecule has 1 aromatic carbocycles. The lowest BCUT2D eigenvalue weighted by atomic mass is 9.86. The predicted octanol–water partition coefficient (Wildman–Crippen LogP) is 3.10. The number of aromatic amines is 1. The molecule has 5 nitrogen and oxygen atoms in total. The zero-order valence-electron chi connectivity index (χ0n) is 13.9. The summed E-state index contributed by atoms with van der Waals surface area (Å²) in [7, 11) is 0. The maximum atomic E-state index is 12.4. The Hall–Kier alpha value is -1.72. The van der Waals surface area contributed by atoms with Crippen molar-refractivity contribution in [3.05, 3.63) is 36.0 Å². The van der Waals surface area contributed by atoms with Crippen LogP contribution in [0.5, 0.6) is 0 Å². The first-order valence-electron chi connectivity index (χ1n) is 8.45. The number of fused-ring (bicyclic) bond motifs is 1. The van der Waals surface area contributed by atoms with E-state index >= 15 is 0 Å². The Balaban J connectivity index is 0.00000169. The molecule has 2 aliphatic rings. The van der Waals surface area contributed by atoms with Crippen LogP contribution in [0.1, 0.15) is 25.3 Å². The number of para-hydroxylation sites is 1. The number of benzene rings is 1. The summed E-state index contributed by atoms with van der Waals surface area (Å²) in [6.07, 6.45) is 4.56.